The number of hydrogen-bond acceptors (Lipinski definition) is 4. The third-order valence-electron chi connectivity index (χ3n) is 3.37. The third-order valence-corrected chi connectivity index (χ3v) is 3.37. The molecule has 1 atom stereocenters. The predicted molar refractivity (Wildman–Crippen MR) is 68.6 cm³/mol. The maximum Gasteiger partial charge on any atom is 0.303 e. The summed E-state index contributed by atoms with van der Waals surface area (Å²) in [4.78, 5) is 21.5. The lowest BCUT2D eigenvalue weighted by Crippen LogP contribution is -2.40. The summed E-state index contributed by atoms with van der Waals surface area (Å²) in [5.74, 6) is 0.965. The van der Waals surface area contributed by atoms with E-state index >= 15 is 0 Å². The Balaban J connectivity index is 2.09. The van der Waals surface area contributed by atoms with E-state index in [-0.39, 0.29) is 6.42 Å². The minimum atomic E-state index is -0.723. The van der Waals surface area contributed by atoms with Gasteiger partial charge in [0.15, 0.2) is 0 Å². The number of anilines is 1. The Labute approximate surface area is 107 Å². The van der Waals surface area contributed by atoms with Gasteiger partial charge in [0.1, 0.15) is 11.6 Å². The van der Waals surface area contributed by atoms with Gasteiger partial charge in [-0.15, -0.1) is 0 Å². The molecule has 0 bridgehead atoms. The summed E-state index contributed by atoms with van der Waals surface area (Å²) in [6.45, 7) is 2.83. The Kier molecular flexibility index (Phi) is 4.12. The molecule has 1 aromatic rings. The lowest BCUT2D eigenvalue weighted by molar-refractivity contribution is -0.137. The van der Waals surface area contributed by atoms with Crippen molar-refractivity contribution in [3.05, 3.63) is 18.1 Å². The zero-order valence-electron chi connectivity index (χ0n) is 10.7. The average molecular weight is 249 g/mol. The highest BCUT2D eigenvalue weighted by Crippen LogP contribution is 2.25. The number of hydrogen-bond donors (Lipinski definition) is 1. The molecular weight excluding hydrogens is 230 g/mol. The molecule has 98 valence electrons. The van der Waals surface area contributed by atoms with Crippen molar-refractivity contribution in [2.24, 2.45) is 0 Å². The number of rotatable bonds is 4. The molecule has 0 amide bonds. The summed E-state index contributed by atoms with van der Waals surface area (Å²) < 4.78 is 0. The van der Waals surface area contributed by atoms with Crippen molar-refractivity contribution in [1.29, 1.82) is 0 Å². The van der Waals surface area contributed by atoms with Gasteiger partial charge < -0.3 is 10.0 Å². The van der Waals surface area contributed by atoms with Crippen molar-refractivity contribution < 1.29 is 9.90 Å². The molecule has 18 heavy (non-hydrogen) atoms. The Morgan fingerprint density at radius 3 is 3.11 bits per heavy atom. The van der Waals surface area contributed by atoms with Crippen LogP contribution in [0.2, 0.25) is 0 Å². The van der Waals surface area contributed by atoms with Crippen LogP contribution in [0.25, 0.3) is 0 Å². The van der Waals surface area contributed by atoms with Gasteiger partial charge in [-0.05, 0) is 38.7 Å². The molecule has 1 aromatic heterocycles. The zero-order chi connectivity index (χ0) is 13.0. The minimum Gasteiger partial charge on any atom is -0.481 e. The quantitative estimate of drug-likeness (QED) is 0.884. The molecule has 1 N–H and O–H groups in total. The van der Waals surface area contributed by atoms with Crippen LogP contribution in [0.5, 0.6) is 0 Å². The molecule has 1 aliphatic heterocycles. The topological polar surface area (TPSA) is 66.3 Å². The maximum atomic E-state index is 10.7. The van der Waals surface area contributed by atoms with Gasteiger partial charge in [-0.25, -0.2) is 9.97 Å². The fourth-order valence-electron chi connectivity index (χ4n) is 2.50. The fraction of sp³-hybridized carbons (Fsp3) is 0.615. The summed E-state index contributed by atoms with van der Waals surface area (Å²) in [5, 5.41) is 8.80. The standard InChI is InChI=1S/C13H19N3O2/c1-10-14-8-7-12(15-10)16-9-3-2-4-11(16)5-6-13(17)18/h7-8,11H,2-6,9H2,1H3,(H,17,18). The Bertz CT molecular complexity index is 422. The Morgan fingerprint density at radius 1 is 1.56 bits per heavy atom. The van der Waals surface area contributed by atoms with Crippen molar-refractivity contribution in [1.82, 2.24) is 9.97 Å². The molecule has 1 aliphatic rings. The highest BCUT2D eigenvalue weighted by atomic mass is 16.4. The van der Waals surface area contributed by atoms with Crippen LogP contribution in [0, 0.1) is 6.92 Å². The van der Waals surface area contributed by atoms with Gasteiger partial charge in [0.05, 0.1) is 0 Å². The van der Waals surface area contributed by atoms with E-state index in [1.54, 1.807) is 6.20 Å². The number of carbonyl (C=O) groups is 1. The first-order chi connectivity index (χ1) is 8.66. The van der Waals surface area contributed by atoms with Gasteiger partial charge in [0.25, 0.3) is 0 Å². The molecule has 0 aliphatic carbocycles. The first-order valence-electron chi connectivity index (χ1n) is 6.45. The van der Waals surface area contributed by atoms with Gasteiger partial charge >= 0.3 is 5.97 Å². The third kappa shape index (κ3) is 3.18. The summed E-state index contributed by atoms with van der Waals surface area (Å²) in [6.07, 6.45) is 6.05. The molecule has 2 heterocycles. The Hall–Kier alpha value is -1.65. The molecule has 1 fully saturated rings. The fourth-order valence-corrected chi connectivity index (χ4v) is 2.50. The average Bonchev–Trinajstić information content (AvgIpc) is 2.36. The minimum absolute atomic E-state index is 0.227. The van der Waals surface area contributed by atoms with E-state index in [9.17, 15) is 4.79 Å². The van der Waals surface area contributed by atoms with Gasteiger partial charge in [0, 0.05) is 25.2 Å². The van der Waals surface area contributed by atoms with E-state index < -0.39 is 5.97 Å². The second-order valence-corrected chi connectivity index (χ2v) is 4.74. The van der Waals surface area contributed by atoms with Crippen molar-refractivity contribution in [2.75, 3.05) is 11.4 Å². The molecule has 0 saturated carbocycles. The summed E-state index contributed by atoms with van der Waals surface area (Å²) in [7, 11) is 0. The van der Waals surface area contributed by atoms with Crippen molar-refractivity contribution in [3.63, 3.8) is 0 Å². The lowest BCUT2D eigenvalue weighted by atomic mass is 9.98. The summed E-state index contributed by atoms with van der Waals surface area (Å²) in [5.41, 5.74) is 0. The SMILES string of the molecule is Cc1nccc(N2CCCCC2CCC(=O)O)n1. The van der Waals surface area contributed by atoms with Crippen LogP contribution >= 0.6 is 0 Å². The number of carboxylic acid groups (broad SMARTS) is 1. The molecule has 0 aromatic carbocycles. The molecule has 1 saturated heterocycles. The first-order valence-corrected chi connectivity index (χ1v) is 6.45. The largest absolute Gasteiger partial charge is 0.481 e. The van der Waals surface area contributed by atoms with Crippen LogP contribution in [0.15, 0.2) is 12.3 Å². The number of aliphatic carboxylic acids is 1. The van der Waals surface area contributed by atoms with Gasteiger partial charge in [0.2, 0.25) is 0 Å². The Morgan fingerprint density at radius 2 is 2.39 bits per heavy atom. The van der Waals surface area contributed by atoms with Crippen molar-refractivity contribution >= 4 is 11.8 Å². The van der Waals surface area contributed by atoms with E-state index in [1.807, 2.05) is 13.0 Å². The first kappa shape index (κ1) is 12.8. The second kappa shape index (κ2) is 5.80. The molecular formula is C13H19N3O2. The molecule has 5 nitrogen and oxygen atoms in total. The van der Waals surface area contributed by atoms with E-state index in [2.05, 4.69) is 14.9 Å². The van der Waals surface area contributed by atoms with Crippen molar-refractivity contribution in [3.8, 4) is 0 Å². The molecule has 2 rings (SSSR count). The second-order valence-electron chi connectivity index (χ2n) is 4.74. The number of aromatic nitrogens is 2. The van der Waals surface area contributed by atoms with E-state index in [1.165, 1.54) is 6.42 Å². The van der Waals surface area contributed by atoms with Crippen LogP contribution in [-0.2, 0) is 4.79 Å². The number of aryl methyl sites for hydroxylation is 1. The molecule has 0 spiro atoms. The van der Waals surface area contributed by atoms with Crippen LogP contribution < -0.4 is 4.90 Å². The number of nitrogens with zero attached hydrogens (tertiary/aromatic N) is 3. The summed E-state index contributed by atoms with van der Waals surface area (Å²) in [6, 6.07) is 2.20. The van der Waals surface area contributed by atoms with Gasteiger partial charge in [-0.2, -0.15) is 0 Å². The predicted octanol–water partition coefficient (Wildman–Crippen LogP) is 2.01. The smallest absolute Gasteiger partial charge is 0.303 e. The van der Waals surface area contributed by atoms with E-state index in [4.69, 9.17) is 5.11 Å². The summed E-state index contributed by atoms with van der Waals surface area (Å²) >= 11 is 0. The van der Waals surface area contributed by atoms with Crippen LogP contribution in [0.3, 0.4) is 0 Å². The molecule has 0 radical (unpaired) electrons. The monoisotopic (exact) mass is 249 g/mol. The highest BCUT2D eigenvalue weighted by molar-refractivity contribution is 5.66. The highest BCUT2D eigenvalue weighted by Gasteiger charge is 2.24. The normalized spacial score (nSPS) is 19.8. The van der Waals surface area contributed by atoms with Crippen molar-refractivity contribution in [2.45, 2.75) is 45.1 Å². The zero-order valence-corrected chi connectivity index (χ0v) is 10.7. The maximum absolute atomic E-state index is 10.7. The van der Waals surface area contributed by atoms with E-state index in [0.29, 0.717) is 12.5 Å². The molecule has 5 heteroatoms. The van der Waals surface area contributed by atoms with Crippen LogP contribution in [0.4, 0.5) is 5.82 Å². The van der Waals surface area contributed by atoms with E-state index in [0.717, 1.165) is 31.0 Å². The lowest BCUT2D eigenvalue weighted by Gasteiger charge is -2.36. The van der Waals surface area contributed by atoms with Gasteiger partial charge in [-0.1, -0.05) is 0 Å². The van der Waals surface area contributed by atoms with Crippen LogP contribution in [0.1, 0.15) is 37.9 Å². The number of carboxylic acids is 1. The van der Waals surface area contributed by atoms with Crippen LogP contribution in [-0.4, -0.2) is 33.6 Å². The van der Waals surface area contributed by atoms with Gasteiger partial charge in [-0.3, -0.25) is 4.79 Å². The number of piperidine rings is 1. The molecule has 1 unspecified atom stereocenters.